The molecule has 0 radical (unpaired) electrons. The number of nitrogens with two attached hydrogens (primary N) is 1. The van der Waals surface area contributed by atoms with Gasteiger partial charge in [-0.05, 0) is 54.8 Å². The minimum atomic E-state index is -4.54. The van der Waals surface area contributed by atoms with E-state index >= 15 is 0 Å². The van der Waals surface area contributed by atoms with Gasteiger partial charge in [0.2, 0.25) is 16.0 Å². The molecule has 41 heavy (non-hydrogen) atoms. The van der Waals surface area contributed by atoms with Crippen molar-refractivity contribution in [1.29, 1.82) is 0 Å². The van der Waals surface area contributed by atoms with Crippen molar-refractivity contribution < 1.29 is 30.0 Å². The minimum Gasteiger partial charge on any atom is -0.354 e. The summed E-state index contributed by atoms with van der Waals surface area (Å²) in [5.74, 6) is -0.148. The molecular weight excluding hydrogens is 605 g/mol. The Hall–Kier alpha value is -3.53. The molecule has 4 N–H and O–H groups in total. The first-order valence-electron chi connectivity index (χ1n) is 12.0. The summed E-state index contributed by atoms with van der Waals surface area (Å²) in [6.45, 7) is 0.130. The van der Waals surface area contributed by atoms with Crippen LogP contribution in [0, 0.1) is 0 Å². The highest BCUT2D eigenvalue weighted by molar-refractivity contribution is 7.90. The summed E-state index contributed by atoms with van der Waals surface area (Å²) in [6, 6.07) is 13.1. The number of alkyl halides is 3. The fraction of sp³-hybridized carbons (Fsp3) is 0.240. The highest BCUT2D eigenvalue weighted by Gasteiger charge is 2.64. The van der Waals surface area contributed by atoms with Crippen LogP contribution < -0.4 is 15.8 Å². The standard InChI is InChI=1S/C25H22ClF3N6O4S2/c1-40(36,37)20-12-15(4-7-17(20)26)18-8-9-19-21(32-18)22(35-24(10-11-24)25(27,28)29)34-23(33-19)31-13-14-2-5-16(6-3-14)41(30,38)39/h2-9,12H,10-11,13H2,1H3,(H2,30,38,39)(H2,31,33,34,35). The van der Waals surface area contributed by atoms with Crippen molar-refractivity contribution in [2.24, 2.45) is 5.14 Å². The zero-order valence-electron chi connectivity index (χ0n) is 21.2. The van der Waals surface area contributed by atoms with Crippen LogP contribution in [0.1, 0.15) is 18.4 Å². The Kier molecular flexibility index (Phi) is 7.12. The molecule has 10 nitrogen and oxygen atoms in total. The first-order valence-corrected chi connectivity index (χ1v) is 15.8. The van der Waals surface area contributed by atoms with E-state index in [0.717, 1.165) is 6.26 Å². The summed E-state index contributed by atoms with van der Waals surface area (Å²) in [5, 5.41) is 10.6. The van der Waals surface area contributed by atoms with E-state index in [1.54, 1.807) is 18.2 Å². The Balaban J connectivity index is 1.53. The normalized spacial score (nSPS) is 15.1. The molecule has 0 atom stereocenters. The van der Waals surface area contributed by atoms with Crippen molar-refractivity contribution in [2.45, 2.75) is 40.9 Å². The molecule has 1 saturated carbocycles. The van der Waals surface area contributed by atoms with Crippen LogP contribution in [0.4, 0.5) is 24.9 Å². The zero-order valence-corrected chi connectivity index (χ0v) is 23.6. The molecule has 0 spiro atoms. The van der Waals surface area contributed by atoms with E-state index < -0.39 is 31.6 Å². The van der Waals surface area contributed by atoms with Gasteiger partial charge in [0.25, 0.3) is 0 Å². The van der Waals surface area contributed by atoms with Gasteiger partial charge in [-0.2, -0.15) is 18.2 Å². The van der Waals surface area contributed by atoms with Gasteiger partial charge in [0, 0.05) is 18.4 Å². The summed E-state index contributed by atoms with van der Waals surface area (Å²) >= 11 is 6.05. The molecule has 0 unspecified atom stereocenters. The van der Waals surface area contributed by atoms with Crippen LogP contribution >= 0.6 is 11.6 Å². The largest absolute Gasteiger partial charge is 0.411 e. The number of anilines is 2. The second-order valence-electron chi connectivity index (χ2n) is 9.62. The van der Waals surface area contributed by atoms with Gasteiger partial charge < -0.3 is 10.6 Å². The van der Waals surface area contributed by atoms with Crippen LogP contribution in [0.15, 0.2) is 64.4 Å². The van der Waals surface area contributed by atoms with Crippen molar-refractivity contribution in [1.82, 2.24) is 15.0 Å². The Morgan fingerprint density at radius 2 is 1.66 bits per heavy atom. The molecule has 1 aliphatic carbocycles. The van der Waals surface area contributed by atoms with Gasteiger partial charge in [-0.25, -0.2) is 31.9 Å². The lowest BCUT2D eigenvalue weighted by Gasteiger charge is -2.22. The van der Waals surface area contributed by atoms with Gasteiger partial charge in [-0.3, -0.25) is 0 Å². The van der Waals surface area contributed by atoms with Crippen LogP contribution in [0.2, 0.25) is 5.02 Å². The maximum Gasteiger partial charge on any atom is 0.411 e. The number of halogens is 4. The first kappa shape index (κ1) is 29.0. The summed E-state index contributed by atoms with van der Waals surface area (Å²) in [7, 11) is -7.52. The number of primary sulfonamides is 1. The van der Waals surface area contributed by atoms with Crippen molar-refractivity contribution in [2.75, 3.05) is 16.9 Å². The molecule has 2 aromatic carbocycles. The monoisotopic (exact) mass is 626 g/mol. The van der Waals surface area contributed by atoms with E-state index in [2.05, 4.69) is 25.6 Å². The van der Waals surface area contributed by atoms with E-state index in [1.165, 1.54) is 36.4 Å². The Morgan fingerprint density at radius 1 is 0.976 bits per heavy atom. The molecule has 4 aromatic rings. The van der Waals surface area contributed by atoms with E-state index in [1.807, 2.05) is 0 Å². The lowest BCUT2D eigenvalue weighted by molar-refractivity contribution is -0.151. The number of rotatable bonds is 8. The Bertz CT molecular complexity index is 1880. The molecule has 1 fully saturated rings. The number of pyridine rings is 1. The Labute approximate surface area is 238 Å². The highest BCUT2D eigenvalue weighted by atomic mass is 35.5. The number of sulfonamides is 1. The molecule has 0 bridgehead atoms. The van der Waals surface area contributed by atoms with Gasteiger partial charge in [-0.15, -0.1) is 0 Å². The van der Waals surface area contributed by atoms with E-state index in [4.69, 9.17) is 16.7 Å². The Morgan fingerprint density at radius 3 is 2.24 bits per heavy atom. The lowest BCUT2D eigenvalue weighted by atomic mass is 10.1. The average molecular weight is 627 g/mol. The van der Waals surface area contributed by atoms with Gasteiger partial charge in [0.05, 0.1) is 26.0 Å². The number of hydrogen-bond acceptors (Lipinski definition) is 9. The van der Waals surface area contributed by atoms with Gasteiger partial charge in [-0.1, -0.05) is 29.8 Å². The second kappa shape index (κ2) is 10.1. The molecular formula is C25H22ClF3N6O4S2. The third-order valence-corrected chi connectivity index (χ3v) is 9.03. The molecule has 5 rings (SSSR count). The minimum absolute atomic E-state index is 0.00824. The van der Waals surface area contributed by atoms with Gasteiger partial charge >= 0.3 is 6.18 Å². The number of nitrogens with one attached hydrogen (secondary N) is 2. The fourth-order valence-electron chi connectivity index (χ4n) is 4.10. The van der Waals surface area contributed by atoms with Crippen LogP contribution in [0.25, 0.3) is 22.3 Å². The van der Waals surface area contributed by atoms with Gasteiger partial charge in [0.15, 0.2) is 15.7 Å². The number of benzene rings is 2. The summed E-state index contributed by atoms with van der Waals surface area (Å²) < 4.78 is 88.8. The van der Waals surface area contributed by atoms with Crippen molar-refractivity contribution in [3.05, 3.63) is 65.2 Å². The molecule has 2 aromatic heterocycles. The van der Waals surface area contributed by atoms with Crippen LogP contribution in [0.5, 0.6) is 0 Å². The number of nitrogens with zero attached hydrogens (tertiary/aromatic N) is 3. The fourth-order valence-corrected chi connectivity index (χ4v) is 5.91. The first-order chi connectivity index (χ1) is 19.1. The molecule has 2 heterocycles. The summed E-state index contributed by atoms with van der Waals surface area (Å²) in [5.41, 5.74) is -0.577. The highest BCUT2D eigenvalue weighted by Crippen LogP contribution is 2.51. The van der Waals surface area contributed by atoms with Crippen molar-refractivity contribution in [3.63, 3.8) is 0 Å². The second-order valence-corrected chi connectivity index (χ2v) is 13.6. The van der Waals surface area contributed by atoms with Crippen LogP contribution in [-0.2, 0) is 26.4 Å². The number of fused-ring (bicyclic) bond motifs is 1. The zero-order chi connectivity index (χ0) is 29.8. The van der Waals surface area contributed by atoms with E-state index in [0.29, 0.717) is 11.1 Å². The molecule has 0 saturated heterocycles. The maximum absolute atomic E-state index is 13.8. The number of aromatic nitrogens is 3. The van der Waals surface area contributed by atoms with Crippen molar-refractivity contribution >= 4 is 54.3 Å². The molecule has 0 aliphatic heterocycles. The average Bonchev–Trinajstić information content (AvgIpc) is 3.68. The van der Waals surface area contributed by atoms with Crippen LogP contribution in [0.3, 0.4) is 0 Å². The quantitative estimate of drug-likeness (QED) is 0.256. The molecule has 1 aliphatic rings. The number of hydrogen-bond donors (Lipinski definition) is 3. The molecule has 0 amide bonds. The predicted octanol–water partition coefficient (Wildman–Crippen LogP) is 4.52. The number of sulfone groups is 1. The van der Waals surface area contributed by atoms with Gasteiger partial charge in [0.1, 0.15) is 11.1 Å². The maximum atomic E-state index is 13.8. The SMILES string of the molecule is CS(=O)(=O)c1cc(-c2ccc3nc(NCc4ccc(S(N)(=O)=O)cc4)nc(NC4(C(F)(F)F)CC4)c3n2)ccc1Cl. The summed E-state index contributed by atoms with van der Waals surface area (Å²) in [6.07, 6.45) is -3.82. The molecule has 216 valence electrons. The predicted molar refractivity (Wildman–Crippen MR) is 148 cm³/mol. The van der Waals surface area contributed by atoms with Crippen molar-refractivity contribution in [3.8, 4) is 11.3 Å². The molecule has 16 heteroatoms. The topological polar surface area (TPSA) is 157 Å². The summed E-state index contributed by atoms with van der Waals surface area (Å²) in [4.78, 5) is 13.0. The van der Waals surface area contributed by atoms with E-state index in [-0.39, 0.29) is 62.7 Å². The third kappa shape index (κ3) is 6.07. The lowest BCUT2D eigenvalue weighted by Crippen LogP contribution is -2.39. The van der Waals surface area contributed by atoms with Crippen LogP contribution in [-0.4, -0.2) is 49.8 Å². The third-order valence-electron chi connectivity index (χ3n) is 6.52. The smallest absolute Gasteiger partial charge is 0.354 e. The van der Waals surface area contributed by atoms with E-state index in [9.17, 15) is 30.0 Å².